The lowest BCUT2D eigenvalue weighted by Gasteiger charge is -2.28. The summed E-state index contributed by atoms with van der Waals surface area (Å²) in [5.74, 6) is 0.758. The summed E-state index contributed by atoms with van der Waals surface area (Å²) >= 11 is 0. The molecule has 0 aliphatic heterocycles. The van der Waals surface area contributed by atoms with Crippen LogP contribution in [-0.2, 0) is 0 Å². The topological polar surface area (TPSA) is 32.3 Å². The summed E-state index contributed by atoms with van der Waals surface area (Å²) in [7, 11) is 0. The van der Waals surface area contributed by atoms with E-state index in [4.69, 9.17) is 0 Å². The van der Waals surface area contributed by atoms with Crippen LogP contribution in [0.2, 0.25) is 0 Å². The lowest BCUT2D eigenvalue weighted by molar-refractivity contribution is 0.0905. The molecule has 1 fully saturated rings. The average Bonchev–Trinajstić information content (AvgIpc) is 2.08. The Morgan fingerprint density at radius 1 is 1.31 bits per heavy atom. The SMILES string of the molecule is CC(C)CCNC1CCCCC1O. The van der Waals surface area contributed by atoms with E-state index in [0.29, 0.717) is 6.04 Å². The fraction of sp³-hybridized carbons (Fsp3) is 1.00. The predicted octanol–water partition coefficient (Wildman–Crippen LogP) is 1.93. The molecule has 0 saturated heterocycles. The van der Waals surface area contributed by atoms with E-state index < -0.39 is 0 Å². The molecule has 0 heterocycles. The second-order valence-corrected chi connectivity index (χ2v) is 4.59. The van der Waals surface area contributed by atoms with Gasteiger partial charge in [0.25, 0.3) is 0 Å². The number of hydrogen-bond donors (Lipinski definition) is 2. The first-order valence-electron chi connectivity index (χ1n) is 5.61. The van der Waals surface area contributed by atoms with Gasteiger partial charge in [-0.3, -0.25) is 0 Å². The Labute approximate surface area is 81.7 Å². The van der Waals surface area contributed by atoms with Crippen molar-refractivity contribution < 1.29 is 5.11 Å². The quantitative estimate of drug-likeness (QED) is 0.701. The van der Waals surface area contributed by atoms with Gasteiger partial charge in [-0.05, 0) is 31.7 Å². The minimum atomic E-state index is -0.0964. The minimum absolute atomic E-state index is 0.0964. The van der Waals surface area contributed by atoms with Crippen molar-refractivity contribution in [1.82, 2.24) is 5.32 Å². The van der Waals surface area contributed by atoms with Gasteiger partial charge in [0, 0.05) is 6.04 Å². The van der Waals surface area contributed by atoms with E-state index in [-0.39, 0.29) is 6.10 Å². The highest BCUT2D eigenvalue weighted by atomic mass is 16.3. The molecule has 0 spiro atoms. The molecule has 78 valence electrons. The molecule has 2 atom stereocenters. The van der Waals surface area contributed by atoms with Crippen LogP contribution in [0.3, 0.4) is 0 Å². The molecular formula is C11H23NO. The summed E-state index contributed by atoms with van der Waals surface area (Å²) in [6.07, 6.45) is 5.72. The fourth-order valence-corrected chi connectivity index (χ4v) is 1.91. The summed E-state index contributed by atoms with van der Waals surface area (Å²) in [6.45, 7) is 5.53. The molecule has 13 heavy (non-hydrogen) atoms. The molecule has 0 aromatic carbocycles. The fourth-order valence-electron chi connectivity index (χ4n) is 1.91. The standard InChI is InChI=1S/C11H23NO/c1-9(2)7-8-12-10-5-3-4-6-11(10)13/h9-13H,3-8H2,1-2H3. The molecule has 1 saturated carbocycles. The lowest BCUT2D eigenvalue weighted by Crippen LogP contribution is -2.42. The second kappa shape index (κ2) is 5.61. The molecule has 2 unspecified atom stereocenters. The van der Waals surface area contributed by atoms with Gasteiger partial charge >= 0.3 is 0 Å². The van der Waals surface area contributed by atoms with Crippen molar-refractivity contribution in [2.24, 2.45) is 5.92 Å². The van der Waals surface area contributed by atoms with Gasteiger partial charge < -0.3 is 10.4 Å². The lowest BCUT2D eigenvalue weighted by atomic mass is 9.92. The molecule has 1 rings (SSSR count). The maximum Gasteiger partial charge on any atom is 0.0693 e. The Bertz CT molecular complexity index is 136. The van der Waals surface area contributed by atoms with Crippen LogP contribution < -0.4 is 5.32 Å². The van der Waals surface area contributed by atoms with Gasteiger partial charge in [-0.1, -0.05) is 26.7 Å². The Morgan fingerprint density at radius 3 is 2.62 bits per heavy atom. The van der Waals surface area contributed by atoms with Gasteiger partial charge in [0.1, 0.15) is 0 Å². The van der Waals surface area contributed by atoms with Crippen molar-refractivity contribution in [2.75, 3.05) is 6.54 Å². The van der Waals surface area contributed by atoms with Crippen LogP contribution in [0.15, 0.2) is 0 Å². The van der Waals surface area contributed by atoms with Crippen molar-refractivity contribution >= 4 is 0 Å². The molecule has 0 aromatic heterocycles. The monoisotopic (exact) mass is 185 g/mol. The van der Waals surface area contributed by atoms with Crippen molar-refractivity contribution in [1.29, 1.82) is 0 Å². The third kappa shape index (κ3) is 4.10. The smallest absolute Gasteiger partial charge is 0.0693 e. The highest BCUT2D eigenvalue weighted by Crippen LogP contribution is 2.18. The number of nitrogens with one attached hydrogen (secondary N) is 1. The molecule has 2 N–H and O–H groups in total. The first-order chi connectivity index (χ1) is 6.20. The van der Waals surface area contributed by atoms with Crippen LogP contribution in [0.1, 0.15) is 46.0 Å². The maximum absolute atomic E-state index is 9.67. The Morgan fingerprint density at radius 2 is 2.00 bits per heavy atom. The van der Waals surface area contributed by atoms with Crippen LogP contribution in [0.25, 0.3) is 0 Å². The van der Waals surface area contributed by atoms with Gasteiger partial charge in [-0.15, -0.1) is 0 Å². The van der Waals surface area contributed by atoms with Crippen molar-refractivity contribution in [3.8, 4) is 0 Å². The van der Waals surface area contributed by atoms with Gasteiger partial charge in [0.15, 0.2) is 0 Å². The molecule has 2 nitrogen and oxygen atoms in total. The average molecular weight is 185 g/mol. The summed E-state index contributed by atoms with van der Waals surface area (Å²) in [6, 6.07) is 0.368. The molecule has 1 aliphatic rings. The molecule has 0 amide bonds. The van der Waals surface area contributed by atoms with E-state index in [9.17, 15) is 5.11 Å². The van der Waals surface area contributed by atoms with Gasteiger partial charge in [-0.25, -0.2) is 0 Å². The van der Waals surface area contributed by atoms with E-state index in [0.717, 1.165) is 25.3 Å². The van der Waals surface area contributed by atoms with Gasteiger partial charge in [-0.2, -0.15) is 0 Å². The van der Waals surface area contributed by atoms with E-state index in [1.54, 1.807) is 0 Å². The molecule has 0 bridgehead atoms. The summed E-state index contributed by atoms with van der Waals surface area (Å²) in [5, 5.41) is 13.1. The highest BCUT2D eigenvalue weighted by molar-refractivity contribution is 4.80. The number of aliphatic hydroxyl groups is 1. The highest BCUT2D eigenvalue weighted by Gasteiger charge is 2.21. The number of aliphatic hydroxyl groups excluding tert-OH is 1. The second-order valence-electron chi connectivity index (χ2n) is 4.59. The zero-order valence-electron chi connectivity index (χ0n) is 8.92. The zero-order valence-corrected chi connectivity index (χ0v) is 8.92. The minimum Gasteiger partial charge on any atom is -0.392 e. The van der Waals surface area contributed by atoms with Crippen LogP contribution in [0.5, 0.6) is 0 Å². The number of hydrogen-bond acceptors (Lipinski definition) is 2. The molecule has 0 aromatic rings. The van der Waals surface area contributed by atoms with Crippen LogP contribution >= 0.6 is 0 Å². The Hall–Kier alpha value is -0.0800. The van der Waals surface area contributed by atoms with E-state index in [2.05, 4.69) is 19.2 Å². The summed E-state index contributed by atoms with van der Waals surface area (Å²) in [4.78, 5) is 0. The molecule has 0 radical (unpaired) electrons. The van der Waals surface area contributed by atoms with Crippen molar-refractivity contribution in [3.05, 3.63) is 0 Å². The third-order valence-corrected chi connectivity index (χ3v) is 2.86. The molecule has 1 aliphatic carbocycles. The molecular weight excluding hydrogens is 162 g/mol. The van der Waals surface area contributed by atoms with E-state index in [1.807, 2.05) is 0 Å². The van der Waals surface area contributed by atoms with E-state index >= 15 is 0 Å². The van der Waals surface area contributed by atoms with Crippen LogP contribution in [-0.4, -0.2) is 23.8 Å². The summed E-state index contributed by atoms with van der Waals surface area (Å²) < 4.78 is 0. The van der Waals surface area contributed by atoms with Gasteiger partial charge in [0.05, 0.1) is 6.10 Å². The first kappa shape index (κ1) is 11.0. The van der Waals surface area contributed by atoms with Crippen LogP contribution in [0.4, 0.5) is 0 Å². The maximum atomic E-state index is 9.67. The van der Waals surface area contributed by atoms with Crippen molar-refractivity contribution in [2.45, 2.75) is 58.1 Å². The summed E-state index contributed by atoms with van der Waals surface area (Å²) in [5.41, 5.74) is 0. The normalized spacial score (nSPS) is 29.5. The predicted molar refractivity (Wildman–Crippen MR) is 55.7 cm³/mol. The molecule has 2 heteroatoms. The van der Waals surface area contributed by atoms with E-state index in [1.165, 1.54) is 19.3 Å². The van der Waals surface area contributed by atoms with Crippen LogP contribution in [0, 0.1) is 5.92 Å². The van der Waals surface area contributed by atoms with Gasteiger partial charge in [0.2, 0.25) is 0 Å². The largest absolute Gasteiger partial charge is 0.392 e. The van der Waals surface area contributed by atoms with Crippen molar-refractivity contribution in [3.63, 3.8) is 0 Å². The first-order valence-corrected chi connectivity index (χ1v) is 5.61. The zero-order chi connectivity index (χ0) is 9.68. The number of rotatable bonds is 4. The third-order valence-electron chi connectivity index (χ3n) is 2.86. The Balaban J connectivity index is 2.11. The Kier molecular flexibility index (Phi) is 4.74.